The summed E-state index contributed by atoms with van der Waals surface area (Å²) in [7, 11) is 0. The van der Waals surface area contributed by atoms with Crippen LogP contribution in [0.15, 0.2) is 30.3 Å². The van der Waals surface area contributed by atoms with Crippen LogP contribution in [0.2, 0.25) is 10.0 Å². The maximum Gasteiger partial charge on any atom is 0.0507 e. The summed E-state index contributed by atoms with van der Waals surface area (Å²) in [5, 5.41) is 1.33. The maximum absolute atomic E-state index is 6.18. The Labute approximate surface area is 115 Å². The SMILES string of the molecule is CCC(N)c1ccc(-c2ccc(Cl)cc2Cl)s1. The second-order valence-electron chi connectivity index (χ2n) is 3.84. The highest BCUT2D eigenvalue weighted by molar-refractivity contribution is 7.15. The molecular weight excluding hydrogens is 273 g/mol. The molecule has 0 aliphatic heterocycles. The van der Waals surface area contributed by atoms with Crippen molar-refractivity contribution in [2.24, 2.45) is 5.73 Å². The fourth-order valence-electron chi connectivity index (χ4n) is 1.59. The van der Waals surface area contributed by atoms with Crippen LogP contribution in [-0.2, 0) is 0 Å². The van der Waals surface area contributed by atoms with Crippen molar-refractivity contribution in [2.45, 2.75) is 19.4 Å². The molecule has 0 radical (unpaired) electrons. The fourth-order valence-corrected chi connectivity index (χ4v) is 3.29. The van der Waals surface area contributed by atoms with E-state index in [1.807, 2.05) is 12.1 Å². The van der Waals surface area contributed by atoms with Gasteiger partial charge in [0.1, 0.15) is 0 Å². The zero-order valence-corrected chi connectivity index (χ0v) is 11.7. The van der Waals surface area contributed by atoms with Crippen LogP contribution < -0.4 is 5.73 Å². The van der Waals surface area contributed by atoms with Crippen LogP contribution in [0.3, 0.4) is 0 Å². The zero-order chi connectivity index (χ0) is 12.4. The van der Waals surface area contributed by atoms with Crippen molar-refractivity contribution in [1.82, 2.24) is 0 Å². The summed E-state index contributed by atoms with van der Waals surface area (Å²) >= 11 is 13.7. The van der Waals surface area contributed by atoms with E-state index in [1.165, 1.54) is 4.88 Å². The molecule has 2 N–H and O–H groups in total. The summed E-state index contributed by atoms with van der Waals surface area (Å²) in [6.07, 6.45) is 0.939. The molecule has 0 aliphatic rings. The molecule has 0 aliphatic carbocycles. The average Bonchev–Trinajstić information content (AvgIpc) is 2.77. The van der Waals surface area contributed by atoms with E-state index in [0.717, 1.165) is 16.9 Å². The van der Waals surface area contributed by atoms with Gasteiger partial charge in [0.2, 0.25) is 0 Å². The molecule has 2 rings (SSSR count). The Morgan fingerprint density at radius 1 is 1.24 bits per heavy atom. The smallest absolute Gasteiger partial charge is 0.0507 e. The van der Waals surface area contributed by atoms with Gasteiger partial charge in [0.05, 0.1) is 5.02 Å². The van der Waals surface area contributed by atoms with Crippen LogP contribution in [0.4, 0.5) is 0 Å². The third-order valence-corrected chi connectivity index (χ3v) is 4.43. The average molecular weight is 286 g/mol. The Bertz CT molecular complexity index is 522. The van der Waals surface area contributed by atoms with Gasteiger partial charge in [-0.25, -0.2) is 0 Å². The number of rotatable bonds is 3. The normalized spacial score (nSPS) is 12.7. The quantitative estimate of drug-likeness (QED) is 0.831. The third-order valence-electron chi connectivity index (χ3n) is 2.63. The van der Waals surface area contributed by atoms with Crippen molar-refractivity contribution in [1.29, 1.82) is 0 Å². The van der Waals surface area contributed by atoms with Crippen LogP contribution in [0, 0.1) is 0 Å². The van der Waals surface area contributed by atoms with Gasteiger partial charge in [-0.15, -0.1) is 11.3 Å². The molecule has 1 heterocycles. The first kappa shape index (κ1) is 12.9. The van der Waals surface area contributed by atoms with Gasteiger partial charge >= 0.3 is 0 Å². The van der Waals surface area contributed by atoms with Crippen molar-refractivity contribution in [2.75, 3.05) is 0 Å². The largest absolute Gasteiger partial charge is 0.323 e. The van der Waals surface area contributed by atoms with Crippen LogP contribution in [-0.4, -0.2) is 0 Å². The predicted octanol–water partition coefficient (Wildman–Crippen LogP) is 5.13. The predicted molar refractivity (Wildman–Crippen MR) is 77.0 cm³/mol. The highest BCUT2D eigenvalue weighted by atomic mass is 35.5. The topological polar surface area (TPSA) is 26.0 Å². The van der Waals surface area contributed by atoms with Gasteiger partial charge in [0.15, 0.2) is 0 Å². The van der Waals surface area contributed by atoms with E-state index in [2.05, 4.69) is 19.1 Å². The van der Waals surface area contributed by atoms with Crippen LogP contribution in [0.1, 0.15) is 24.3 Å². The Balaban J connectivity index is 2.37. The molecule has 1 atom stereocenters. The van der Waals surface area contributed by atoms with Crippen LogP contribution in [0.5, 0.6) is 0 Å². The molecule has 0 bridgehead atoms. The van der Waals surface area contributed by atoms with E-state index >= 15 is 0 Å². The molecule has 1 nitrogen and oxygen atoms in total. The first-order valence-electron chi connectivity index (χ1n) is 5.42. The lowest BCUT2D eigenvalue weighted by molar-refractivity contribution is 0.712. The molecule has 0 spiro atoms. The van der Waals surface area contributed by atoms with Gasteiger partial charge in [0.25, 0.3) is 0 Å². The van der Waals surface area contributed by atoms with Crippen molar-refractivity contribution in [3.8, 4) is 10.4 Å². The van der Waals surface area contributed by atoms with Crippen molar-refractivity contribution in [3.05, 3.63) is 45.3 Å². The molecule has 0 amide bonds. The monoisotopic (exact) mass is 285 g/mol. The van der Waals surface area contributed by atoms with Gasteiger partial charge < -0.3 is 5.73 Å². The highest BCUT2D eigenvalue weighted by Gasteiger charge is 2.10. The van der Waals surface area contributed by atoms with Crippen LogP contribution >= 0.6 is 34.5 Å². The van der Waals surface area contributed by atoms with Gasteiger partial charge in [-0.3, -0.25) is 0 Å². The molecule has 90 valence electrons. The van der Waals surface area contributed by atoms with E-state index in [4.69, 9.17) is 28.9 Å². The van der Waals surface area contributed by atoms with E-state index in [0.29, 0.717) is 10.0 Å². The molecule has 4 heteroatoms. The Morgan fingerprint density at radius 3 is 2.65 bits per heavy atom. The molecule has 1 unspecified atom stereocenters. The second-order valence-corrected chi connectivity index (χ2v) is 5.80. The number of hydrogen-bond donors (Lipinski definition) is 1. The van der Waals surface area contributed by atoms with Crippen LogP contribution in [0.25, 0.3) is 10.4 Å². The van der Waals surface area contributed by atoms with E-state index in [-0.39, 0.29) is 6.04 Å². The second kappa shape index (κ2) is 5.40. The molecule has 1 aromatic heterocycles. The number of benzene rings is 1. The summed E-state index contributed by atoms with van der Waals surface area (Å²) in [4.78, 5) is 2.32. The molecule has 0 saturated carbocycles. The highest BCUT2D eigenvalue weighted by Crippen LogP contribution is 2.36. The first-order valence-corrected chi connectivity index (χ1v) is 6.99. The first-order chi connectivity index (χ1) is 8.11. The van der Waals surface area contributed by atoms with Crippen molar-refractivity contribution >= 4 is 34.5 Å². The minimum absolute atomic E-state index is 0.111. The number of nitrogens with two attached hydrogens (primary N) is 1. The summed E-state index contributed by atoms with van der Waals surface area (Å²) in [5.41, 5.74) is 7.01. The minimum Gasteiger partial charge on any atom is -0.323 e. The third kappa shape index (κ3) is 2.83. The lowest BCUT2D eigenvalue weighted by atomic mass is 10.2. The number of halogens is 2. The molecular formula is C13H13Cl2NS. The van der Waals surface area contributed by atoms with Gasteiger partial charge in [-0.05, 0) is 30.7 Å². The summed E-state index contributed by atoms with van der Waals surface area (Å²) < 4.78 is 0. The lowest BCUT2D eigenvalue weighted by Gasteiger charge is -2.05. The molecule has 2 aromatic rings. The number of thiophene rings is 1. The summed E-state index contributed by atoms with van der Waals surface area (Å²) in [5.74, 6) is 0. The van der Waals surface area contributed by atoms with Gasteiger partial charge in [-0.1, -0.05) is 36.2 Å². The van der Waals surface area contributed by atoms with E-state index in [1.54, 1.807) is 17.4 Å². The Morgan fingerprint density at radius 2 is 2.00 bits per heavy atom. The van der Waals surface area contributed by atoms with E-state index < -0.39 is 0 Å². The standard InChI is InChI=1S/C13H13Cl2NS/c1-2-11(16)13-6-5-12(17-13)9-4-3-8(14)7-10(9)15/h3-7,11H,2,16H2,1H3. The molecule has 0 saturated heterocycles. The molecule has 1 aromatic carbocycles. The Hall–Kier alpha value is -0.540. The lowest BCUT2D eigenvalue weighted by Crippen LogP contribution is -2.05. The number of hydrogen-bond acceptors (Lipinski definition) is 2. The van der Waals surface area contributed by atoms with Crippen molar-refractivity contribution < 1.29 is 0 Å². The van der Waals surface area contributed by atoms with Gasteiger partial charge in [-0.2, -0.15) is 0 Å². The van der Waals surface area contributed by atoms with Crippen molar-refractivity contribution in [3.63, 3.8) is 0 Å². The molecule has 17 heavy (non-hydrogen) atoms. The Kier molecular flexibility index (Phi) is 4.10. The summed E-state index contributed by atoms with van der Waals surface area (Å²) in [6, 6.07) is 9.79. The van der Waals surface area contributed by atoms with Gasteiger partial charge in [0, 0.05) is 26.4 Å². The fraction of sp³-hybridized carbons (Fsp3) is 0.231. The zero-order valence-electron chi connectivity index (χ0n) is 9.41. The summed E-state index contributed by atoms with van der Waals surface area (Å²) in [6.45, 7) is 2.08. The maximum atomic E-state index is 6.18. The molecule has 0 fully saturated rings. The minimum atomic E-state index is 0.111. The van der Waals surface area contributed by atoms with E-state index in [9.17, 15) is 0 Å².